The molecule has 6 heteroatoms. The highest BCUT2D eigenvalue weighted by atomic mass is 32.2. The van der Waals surface area contributed by atoms with Gasteiger partial charge in [-0.05, 0) is 50.2 Å². The van der Waals surface area contributed by atoms with E-state index in [1.807, 2.05) is 27.0 Å². The van der Waals surface area contributed by atoms with Gasteiger partial charge in [-0.2, -0.15) is 0 Å². The van der Waals surface area contributed by atoms with E-state index in [0.717, 1.165) is 43.4 Å². The smallest absolute Gasteiger partial charge is 0.307 e. The maximum absolute atomic E-state index is 13.1. The van der Waals surface area contributed by atoms with Crippen LogP contribution in [-0.4, -0.2) is 33.6 Å². The fourth-order valence-electron chi connectivity index (χ4n) is 4.27. The molecule has 2 aliphatic rings. The minimum atomic E-state index is -1.18. The molecule has 0 saturated carbocycles. The van der Waals surface area contributed by atoms with Crippen molar-refractivity contribution < 1.29 is 14.1 Å². The number of hydrogen-bond acceptors (Lipinski definition) is 3. The topological polar surface area (TPSA) is 78.4 Å². The summed E-state index contributed by atoms with van der Waals surface area (Å²) in [6, 6.07) is 8.57. The Labute approximate surface area is 215 Å². The molecule has 35 heavy (non-hydrogen) atoms. The summed E-state index contributed by atoms with van der Waals surface area (Å²) in [6.07, 6.45) is 13.8. The molecule has 1 aromatic carbocycles. The third-order valence-corrected chi connectivity index (χ3v) is 7.32. The summed E-state index contributed by atoms with van der Waals surface area (Å²) in [5.74, 6) is -0.463. The second-order valence-electron chi connectivity index (χ2n) is 8.77. The van der Waals surface area contributed by atoms with Crippen LogP contribution in [0.1, 0.15) is 89.7 Å². The number of rotatable bonds is 8. The van der Waals surface area contributed by atoms with Crippen molar-refractivity contribution in [2.24, 2.45) is 0 Å². The number of carboxylic acid groups (broad SMARTS) is 1. The first-order chi connectivity index (χ1) is 16.9. The number of hydrogen-bond donors (Lipinski definition) is 3. The fourth-order valence-corrected chi connectivity index (χ4v) is 5.55. The van der Waals surface area contributed by atoms with E-state index < -0.39 is 17.0 Å². The number of allylic oxidation sites excluding steroid dienone is 2. The van der Waals surface area contributed by atoms with Crippen LogP contribution in [0.3, 0.4) is 0 Å². The Bertz CT molecular complexity index is 892. The summed E-state index contributed by atoms with van der Waals surface area (Å²) in [5.41, 5.74) is 4.70. The van der Waals surface area contributed by atoms with Crippen molar-refractivity contribution >= 4 is 17.0 Å². The predicted molar refractivity (Wildman–Crippen MR) is 150 cm³/mol. The molecule has 0 heterocycles. The van der Waals surface area contributed by atoms with Crippen molar-refractivity contribution in [3.05, 3.63) is 71.0 Å². The van der Waals surface area contributed by atoms with Crippen molar-refractivity contribution in [3.63, 3.8) is 0 Å². The number of aryl methyl sites for hydroxylation is 1. The highest BCUT2D eigenvalue weighted by Gasteiger charge is 2.27. The maximum atomic E-state index is 13.1. The SMILES string of the molecule is CC.CCC.CNC1=C(/C=C\CC(=O)O)C(NS(=O)C2C=CC(c3cccc(C)c3)CC2)CCC1. The molecule has 3 N–H and O–H groups in total. The van der Waals surface area contributed by atoms with Gasteiger partial charge in [-0.1, -0.05) is 88.2 Å². The van der Waals surface area contributed by atoms with Crippen LogP contribution in [0, 0.1) is 6.92 Å². The number of carbonyl (C=O) groups is 1. The Balaban J connectivity index is 0.00000114. The van der Waals surface area contributed by atoms with Crippen molar-refractivity contribution in [1.82, 2.24) is 10.0 Å². The van der Waals surface area contributed by atoms with Gasteiger partial charge < -0.3 is 10.4 Å². The van der Waals surface area contributed by atoms with Gasteiger partial charge >= 0.3 is 5.97 Å². The van der Waals surface area contributed by atoms with Gasteiger partial charge in [0.05, 0.1) is 22.7 Å². The molecule has 0 saturated heterocycles. The van der Waals surface area contributed by atoms with E-state index in [-0.39, 0.29) is 17.7 Å². The van der Waals surface area contributed by atoms with Crippen LogP contribution in [0.15, 0.2) is 59.8 Å². The van der Waals surface area contributed by atoms with Crippen LogP contribution < -0.4 is 10.0 Å². The summed E-state index contributed by atoms with van der Waals surface area (Å²) < 4.78 is 16.4. The van der Waals surface area contributed by atoms with Gasteiger partial charge in [-0.15, -0.1) is 0 Å². The molecule has 0 aliphatic heterocycles. The summed E-state index contributed by atoms with van der Waals surface area (Å²) in [7, 11) is 0.703. The zero-order chi connectivity index (χ0) is 26.2. The summed E-state index contributed by atoms with van der Waals surface area (Å²) in [5, 5.41) is 12.1. The van der Waals surface area contributed by atoms with E-state index >= 15 is 0 Å². The van der Waals surface area contributed by atoms with Gasteiger partial charge in [0.25, 0.3) is 0 Å². The first-order valence-electron chi connectivity index (χ1n) is 13.1. The molecular formula is C29H46N2O3S. The minimum absolute atomic E-state index is 0.00438. The van der Waals surface area contributed by atoms with Gasteiger partial charge in [0.1, 0.15) is 0 Å². The van der Waals surface area contributed by atoms with E-state index in [1.165, 1.54) is 17.5 Å². The highest BCUT2D eigenvalue weighted by Crippen LogP contribution is 2.31. The van der Waals surface area contributed by atoms with Gasteiger partial charge in [0, 0.05) is 24.7 Å². The number of carboxylic acids is 1. The summed E-state index contributed by atoms with van der Waals surface area (Å²) in [6.45, 7) is 10.4. The molecule has 2 aliphatic carbocycles. The van der Waals surface area contributed by atoms with Crippen LogP contribution in [0.4, 0.5) is 0 Å². The Hall–Kier alpha value is -2.18. The molecule has 0 radical (unpaired) electrons. The molecule has 196 valence electrons. The lowest BCUT2D eigenvalue weighted by Crippen LogP contribution is -2.40. The van der Waals surface area contributed by atoms with Gasteiger partial charge in [-0.25, -0.2) is 8.93 Å². The molecule has 4 atom stereocenters. The molecule has 0 amide bonds. The van der Waals surface area contributed by atoms with E-state index in [4.69, 9.17) is 5.11 Å². The zero-order valence-corrected chi connectivity index (χ0v) is 23.3. The Morgan fingerprint density at radius 1 is 1.17 bits per heavy atom. The van der Waals surface area contributed by atoms with Crippen molar-refractivity contribution in [1.29, 1.82) is 0 Å². The molecule has 3 rings (SSSR count). The van der Waals surface area contributed by atoms with Crippen LogP contribution in [0.2, 0.25) is 0 Å². The largest absolute Gasteiger partial charge is 0.481 e. The lowest BCUT2D eigenvalue weighted by Gasteiger charge is -2.30. The number of aliphatic carboxylic acids is 1. The average molecular weight is 503 g/mol. The first kappa shape index (κ1) is 30.9. The predicted octanol–water partition coefficient (Wildman–Crippen LogP) is 6.55. The van der Waals surface area contributed by atoms with E-state index in [2.05, 4.69) is 67.2 Å². The van der Waals surface area contributed by atoms with Crippen molar-refractivity contribution in [2.75, 3.05) is 7.05 Å². The van der Waals surface area contributed by atoms with Crippen LogP contribution in [0.5, 0.6) is 0 Å². The fraction of sp³-hybridized carbons (Fsp3) is 0.552. The summed E-state index contributed by atoms with van der Waals surface area (Å²) in [4.78, 5) is 10.9. The zero-order valence-electron chi connectivity index (χ0n) is 22.5. The number of benzene rings is 1. The molecule has 4 unspecified atom stereocenters. The van der Waals surface area contributed by atoms with E-state index in [9.17, 15) is 9.00 Å². The van der Waals surface area contributed by atoms with Gasteiger partial charge in [0.2, 0.25) is 0 Å². The second-order valence-corrected chi connectivity index (χ2v) is 10.2. The highest BCUT2D eigenvalue weighted by molar-refractivity contribution is 7.83. The number of nitrogens with one attached hydrogen (secondary N) is 2. The van der Waals surface area contributed by atoms with E-state index in [1.54, 1.807) is 6.08 Å². The monoisotopic (exact) mass is 502 g/mol. The van der Waals surface area contributed by atoms with Crippen LogP contribution in [-0.2, 0) is 15.8 Å². The third kappa shape index (κ3) is 10.5. The molecule has 1 aromatic rings. The van der Waals surface area contributed by atoms with Crippen LogP contribution in [0.25, 0.3) is 0 Å². The quantitative estimate of drug-likeness (QED) is 0.352. The first-order valence-corrected chi connectivity index (χ1v) is 14.3. The lowest BCUT2D eigenvalue weighted by molar-refractivity contribution is -0.136. The lowest BCUT2D eigenvalue weighted by atomic mass is 9.88. The third-order valence-electron chi connectivity index (χ3n) is 5.86. The van der Waals surface area contributed by atoms with Gasteiger partial charge in [-0.3, -0.25) is 4.79 Å². The molecule has 5 nitrogen and oxygen atoms in total. The Morgan fingerprint density at radius 2 is 1.89 bits per heavy atom. The Morgan fingerprint density at radius 3 is 2.46 bits per heavy atom. The second kappa shape index (κ2) is 17.3. The normalized spacial score (nSPS) is 22.5. The summed E-state index contributed by atoms with van der Waals surface area (Å²) >= 11 is 0. The molecule has 0 bridgehead atoms. The standard InChI is InChI=1S/C24H32N2O3S.C3H8.C2H6/c1-17-6-3-7-19(16-17)18-12-14-20(15-13-18)30(29)26-23-10-5-9-22(25-2)21(23)8-4-11-24(27)28;1-3-2;1-2/h3-4,6-8,12,14,16,18,20,23,25-26H,5,9-11,13,15H2,1-2H3,(H,27,28);3H2,1-2H3;1-2H3/b8-4-;;. The van der Waals surface area contributed by atoms with E-state index in [0.29, 0.717) is 5.92 Å². The average Bonchev–Trinajstić information content (AvgIpc) is 2.86. The van der Waals surface area contributed by atoms with Crippen molar-refractivity contribution in [3.8, 4) is 0 Å². The van der Waals surface area contributed by atoms with Crippen molar-refractivity contribution in [2.45, 2.75) is 96.8 Å². The molecule has 0 aromatic heterocycles. The minimum Gasteiger partial charge on any atom is -0.481 e. The maximum Gasteiger partial charge on any atom is 0.307 e. The molecular weight excluding hydrogens is 456 g/mol. The molecule has 0 spiro atoms. The Kier molecular flexibility index (Phi) is 15.2. The molecule has 0 fully saturated rings. The van der Waals surface area contributed by atoms with Crippen LogP contribution >= 0.6 is 0 Å². The van der Waals surface area contributed by atoms with Gasteiger partial charge in [0.15, 0.2) is 0 Å².